The molecule has 0 aliphatic carbocycles. The van der Waals surface area contributed by atoms with Gasteiger partial charge in [-0.1, -0.05) is 30.0 Å². The molecule has 23 heavy (non-hydrogen) atoms. The predicted octanol–water partition coefficient (Wildman–Crippen LogP) is 3.98. The van der Waals surface area contributed by atoms with Gasteiger partial charge in [-0.3, -0.25) is 0 Å². The molecule has 1 N–H and O–H groups in total. The van der Waals surface area contributed by atoms with Crippen molar-refractivity contribution in [3.8, 4) is 5.75 Å². The van der Waals surface area contributed by atoms with Gasteiger partial charge >= 0.3 is 0 Å². The minimum atomic E-state index is -0.587. The maximum atomic E-state index is 10.1. The average Bonchev–Trinajstić information content (AvgIpc) is 2.93. The molecule has 1 atom stereocenters. The van der Waals surface area contributed by atoms with Crippen molar-refractivity contribution in [2.24, 2.45) is 0 Å². The largest absolute Gasteiger partial charge is 0.491 e. The number of aryl methyl sites for hydroxylation is 2. The lowest BCUT2D eigenvalue weighted by Gasteiger charge is -2.12. The number of aliphatic hydroxyl groups is 1. The van der Waals surface area contributed by atoms with Crippen LogP contribution in [0.4, 0.5) is 0 Å². The third kappa shape index (κ3) is 4.27. The van der Waals surface area contributed by atoms with Crippen molar-refractivity contribution in [1.82, 2.24) is 4.98 Å². The number of nitrogens with zero attached hydrogens (tertiary/aromatic N) is 1. The highest BCUT2D eigenvalue weighted by Crippen LogP contribution is 2.24. The van der Waals surface area contributed by atoms with Gasteiger partial charge < -0.3 is 14.3 Å². The van der Waals surface area contributed by atoms with E-state index in [1.165, 1.54) is 11.8 Å². The van der Waals surface area contributed by atoms with E-state index in [0.717, 1.165) is 28.0 Å². The molecule has 0 spiro atoms. The maximum Gasteiger partial charge on any atom is 0.256 e. The molecule has 0 saturated carbocycles. The Kier molecular flexibility index (Phi) is 4.88. The first-order chi connectivity index (χ1) is 11.1. The Bertz CT molecular complexity index is 747. The topological polar surface area (TPSA) is 55.5 Å². The first kappa shape index (κ1) is 15.9. The Hall–Kier alpha value is -1.98. The summed E-state index contributed by atoms with van der Waals surface area (Å²) in [5.74, 6) is 1.26. The molecule has 0 bridgehead atoms. The molecular weight excluding hydrogens is 310 g/mol. The second-order valence-electron chi connectivity index (χ2n) is 5.55. The average molecular weight is 329 g/mol. The summed E-state index contributed by atoms with van der Waals surface area (Å²) < 4.78 is 11.3. The Morgan fingerprint density at radius 2 is 1.91 bits per heavy atom. The van der Waals surface area contributed by atoms with Gasteiger partial charge in [-0.2, -0.15) is 0 Å². The number of ether oxygens (including phenoxy) is 1. The third-order valence-corrected chi connectivity index (χ3v) is 4.28. The van der Waals surface area contributed by atoms with Crippen LogP contribution in [0.2, 0.25) is 0 Å². The van der Waals surface area contributed by atoms with Crippen LogP contribution in [-0.2, 0) is 0 Å². The smallest absolute Gasteiger partial charge is 0.256 e. The van der Waals surface area contributed by atoms with Crippen molar-refractivity contribution >= 4 is 22.9 Å². The van der Waals surface area contributed by atoms with Crippen LogP contribution in [0, 0.1) is 13.8 Å². The molecule has 0 saturated heterocycles. The van der Waals surface area contributed by atoms with E-state index in [1.807, 2.05) is 50.2 Å². The molecule has 3 aromatic rings. The molecule has 4 nitrogen and oxygen atoms in total. The standard InChI is InChI=1S/C18H19NO3S/c1-12-7-13(2)9-15(8-12)21-10-14(20)11-23-18-19-16-5-3-4-6-17(16)22-18/h3-9,14,20H,10-11H2,1-2H3/t14-/m0/s1. The van der Waals surface area contributed by atoms with Crippen molar-refractivity contribution in [3.05, 3.63) is 53.6 Å². The molecule has 0 radical (unpaired) electrons. The zero-order chi connectivity index (χ0) is 16.2. The van der Waals surface area contributed by atoms with Crippen LogP contribution < -0.4 is 4.74 Å². The number of hydrogen-bond acceptors (Lipinski definition) is 5. The van der Waals surface area contributed by atoms with Crippen LogP contribution in [0.25, 0.3) is 11.1 Å². The molecular formula is C18H19NO3S. The molecule has 2 aromatic carbocycles. The van der Waals surface area contributed by atoms with Gasteiger partial charge in [0.25, 0.3) is 5.22 Å². The van der Waals surface area contributed by atoms with Crippen LogP contribution in [-0.4, -0.2) is 28.6 Å². The quantitative estimate of drug-likeness (QED) is 0.693. The van der Waals surface area contributed by atoms with E-state index < -0.39 is 6.10 Å². The number of para-hydroxylation sites is 2. The fraction of sp³-hybridized carbons (Fsp3) is 0.278. The van der Waals surface area contributed by atoms with Gasteiger partial charge in [0.05, 0.1) is 6.10 Å². The number of hydrogen-bond donors (Lipinski definition) is 1. The zero-order valence-electron chi connectivity index (χ0n) is 13.2. The number of oxazole rings is 1. The van der Waals surface area contributed by atoms with E-state index in [1.54, 1.807) is 0 Å². The SMILES string of the molecule is Cc1cc(C)cc(OC[C@H](O)CSc2nc3ccccc3o2)c1. The highest BCUT2D eigenvalue weighted by Gasteiger charge is 2.11. The molecule has 3 rings (SSSR count). The second kappa shape index (κ2) is 7.06. The van der Waals surface area contributed by atoms with Crippen molar-refractivity contribution in [1.29, 1.82) is 0 Å². The summed E-state index contributed by atoms with van der Waals surface area (Å²) in [6.07, 6.45) is -0.587. The second-order valence-corrected chi connectivity index (χ2v) is 6.52. The first-order valence-electron chi connectivity index (χ1n) is 7.48. The fourth-order valence-electron chi connectivity index (χ4n) is 2.34. The van der Waals surface area contributed by atoms with E-state index in [0.29, 0.717) is 11.0 Å². The molecule has 1 heterocycles. The molecule has 0 amide bonds. The highest BCUT2D eigenvalue weighted by molar-refractivity contribution is 7.99. The lowest BCUT2D eigenvalue weighted by molar-refractivity contribution is 0.126. The van der Waals surface area contributed by atoms with Crippen LogP contribution >= 0.6 is 11.8 Å². The molecule has 5 heteroatoms. The van der Waals surface area contributed by atoms with Gasteiger partial charge in [0.2, 0.25) is 0 Å². The minimum Gasteiger partial charge on any atom is -0.491 e. The monoisotopic (exact) mass is 329 g/mol. The molecule has 0 fully saturated rings. The van der Waals surface area contributed by atoms with E-state index in [2.05, 4.69) is 11.1 Å². The lowest BCUT2D eigenvalue weighted by Crippen LogP contribution is -2.20. The van der Waals surface area contributed by atoms with Crippen LogP contribution in [0.15, 0.2) is 52.1 Å². The van der Waals surface area contributed by atoms with E-state index in [4.69, 9.17) is 9.15 Å². The highest BCUT2D eigenvalue weighted by atomic mass is 32.2. The van der Waals surface area contributed by atoms with Gasteiger partial charge in [0.1, 0.15) is 17.9 Å². The summed E-state index contributed by atoms with van der Waals surface area (Å²) in [6, 6.07) is 13.6. The van der Waals surface area contributed by atoms with E-state index in [9.17, 15) is 5.11 Å². The summed E-state index contributed by atoms with van der Waals surface area (Å²) in [5, 5.41) is 10.6. The Morgan fingerprint density at radius 3 is 2.65 bits per heavy atom. The van der Waals surface area contributed by atoms with Gasteiger partial charge in [0, 0.05) is 5.75 Å². The van der Waals surface area contributed by atoms with E-state index in [-0.39, 0.29) is 6.61 Å². The number of aliphatic hydroxyl groups excluding tert-OH is 1. The summed E-state index contributed by atoms with van der Waals surface area (Å²) in [5.41, 5.74) is 3.89. The Morgan fingerprint density at radius 1 is 1.17 bits per heavy atom. The molecule has 120 valence electrons. The predicted molar refractivity (Wildman–Crippen MR) is 92.2 cm³/mol. The normalized spacial score (nSPS) is 12.5. The van der Waals surface area contributed by atoms with Crippen molar-refractivity contribution < 1.29 is 14.3 Å². The molecule has 0 unspecified atom stereocenters. The summed E-state index contributed by atoms with van der Waals surface area (Å²) in [6.45, 7) is 4.30. The lowest BCUT2D eigenvalue weighted by atomic mass is 10.1. The van der Waals surface area contributed by atoms with Crippen LogP contribution in [0.1, 0.15) is 11.1 Å². The zero-order valence-corrected chi connectivity index (χ0v) is 14.0. The fourth-order valence-corrected chi connectivity index (χ4v) is 3.08. The summed E-state index contributed by atoms with van der Waals surface area (Å²) in [4.78, 5) is 4.37. The minimum absolute atomic E-state index is 0.246. The summed E-state index contributed by atoms with van der Waals surface area (Å²) >= 11 is 1.39. The summed E-state index contributed by atoms with van der Waals surface area (Å²) in [7, 11) is 0. The van der Waals surface area contributed by atoms with Crippen molar-refractivity contribution in [2.45, 2.75) is 25.2 Å². The van der Waals surface area contributed by atoms with Crippen LogP contribution in [0.5, 0.6) is 5.75 Å². The Balaban J connectivity index is 1.52. The van der Waals surface area contributed by atoms with Crippen molar-refractivity contribution in [2.75, 3.05) is 12.4 Å². The number of thioether (sulfide) groups is 1. The van der Waals surface area contributed by atoms with Gasteiger partial charge in [-0.15, -0.1) is 0 Å². The number of aromatic nitrogens is 1. The molecule has 1 aromatic heterocycles. The van der Waals surface area contributed by atoms with E-state index >= 15 is 0 Å². The Labute approximate surface area is 139 Å². The number of benzene rings is 2. The molecule has 0 aliphatic heterocycles. The van der Waals surface area contributed by atoms with Crippen LogP contribution in [0.3, 0.4) is 0 Å². The number of fused-ring (bicyclic) bond motifs is 1. The van der Waals surface area contributed by atoms with Crippen molar-refractivity contribution in [3.63, 3.8) is 0 Å². The van der Waals surface area contributed by atoms with Gasteiger partial charge in [0.15, 0.2) is 5.58 Å². The number of rotatable bonds is 6. The third-order valence-electron chi connectivity index (χ3n) is 3.31. The maximum absolute atomic E-state index is 10.1. The molecule has 0 aliphatic rings. The first-order valence-corrected chi connectivity index (χ1v) is 8.46. The van der Waals surface area contributed by atoms with Gasteiger partial charge in [-0.25, -0.2) is 4.98 Å². The van der Waals surface area contributed by atoms with Gasteiger partial charge in [-0.05, 0) is 49.2 Å².